The first-order chi connectivity index (χ1) is 8.93. The molecular weight excluding hydrogens is 332 g/mol. The summed E-state index contributed by atoms with van der Waals surface area (Å²) in [5.41, 5.74) is -1.19. The molecule has 19 heavy (non-hydrogen) atoms. The second-order valence-corrected chi connectivity index (χ2v) is 6.04. The van der Waals surface area contributed by atoms with E-state index in [9.17, 15) is 14.7 Å². The molecule has 0 aliphatic carbocycles. The molecule has 0 saturated carbocycles. The van der Waals surface area contributed by atoms with Crippen LogP contribution in [-0.2, 0) is 11.3 Å². The lowest BCUT2D eigenvalue weighted by molar-refractivity contribution is -0.144. The fourth-order valence-corrected chi connectivity index (χ4v) is 3.05. The van der Waals surface area contributed by atoms with Crippen molar-refractivity contribution in [2.24, 2.45) is 0 Å². The molecule has 0 fully saturated rings. The first-order valence-electron chi connectivity index (χ1n) is 5.96. The summed E-state index contributed by atoms with van der Waals surface area (Å²) in [5, 5.41) is 16.4. The highest BCUT2D eigenvalue weighted by molar-refractivity contribution is 9.10. The van der Waals surface area contributed by atoms with E-state index in [2.05, 4.69) is 26.6 Å². The van der Waals surface area contributed by atoms with Crippen molar-refractivity contribution >= 4 is 39.3 Å². The van der Waals surface area contributed by atoms with E-state index < -0.39 is 17.5 Å². The van der Waals surface area contributed by atoms with Crippen molar-refractivity contribution in [1.29, 1.82) is 0 Å². The average Bonchev–Trinajstić information content (AvgIpc) is 2.79. The van der Waals surface area contributed by atoms with Crippen LogP contribution in [0.4, 0.5) is 4.79 Å². The summed E-state index contributed by atoms with van der Waals surface area (Å²) in [4.78, 5) is 24.0. The number of amides is 2. The van der Waals surface area contributed by atoms with Gasteiger partial charge in [0, 0.05) is 14.7 Å². The Morgan fingerprint density at radius 2 is 2.05 bits per heavy atom. The first kappa shape index (κ1) is 16.0. The van der Waals surface area contributed by atoms with Gasteiger partial charge < -0.3 is 15.7 Å². The number of carboxylic acids is 1. The number of carboxylic acid groups (broad SMARTS) is 1. The fourth-order valence-electron chi connectivity index (χ4n) is 1.66. The Balaban J connectivity index is 2.56. The first-order valence-corrected chi connectivity index (χ1v) is 7.63. The van der Waals surface area contributed by atoms with Gasteiger partial charge in [-0.2, -0.15) is 0 Å². The van der Waals surface area contributed by atoms with Crippen molar-refractivity contribution in [3.05, 3.63) is 20.8 Å². The second-order valence-electron chi connectivity index (χ2n) is 4.13. The largest absolute Gasteiger partial charge is 0.480 e. The van der Waals surface area contributed by atoms with Gasteiger partial charge in [0.1, 0.15) is 5.54 Å². The summed E-state index contributed by atoms with van der Waals surface area (Å²) in [5.74, 6) is -1.01. The van der Waals surface area contributed by atoms with Gasteiger partial charge in [-0.05, 0) is 34.8 Å². The standard InChI is InChI=1S/C12H17BrN2O3S/c1-3-12(4-2,10(16)17)15-11(18)14-6-9-5-8(13)7-19-9/h5,7H,3-4,6H2,1-2H3,(H,16,17)(H2,14,15,18). The number of hydrogen-bond donors (Lipinski definition) is 3. The van der Waals surface area contributed by atoms with Gasteiger partial charge in [-0.15, -0.1) is 11.3 Å². The highest BCUT2D eigenvalue weighted by atomic mass is 79.9. The lowest BCUT2D eigenvalue weighted by Crippen LogP contribution is -2.56. The summed E-state index contributed by atoms with van der Waals surface area (Å²) in [6.07, 6.45) is 0.688. The Hall–Kier alpha value is -1.08. The van der Waals surface area contributed by atoms with Gasteiger partial charge in [-0.25, -0.2) is 9.59 Å². The van der Waals surface area contributed by atoms with Crippen LogP contribution in [0.2, 0.25) is 0 Å². The van der Waals surface area contributed by atoms with E-state index in [4.69, 9.17) is 0 Å². The zero-order valence-corrected chi connectivity index (χ0v) is 13.2. The van der Waals surface area contributed by atoms with Gasteiger partial charge in [0.15, 0.2) is 0 Å². The third-order valence-electron chi connectivity index (χ3n) is 3.01. The molecule has 106 valence electrons. The topological polar surface area (TPSA) is 78.4 Å². The fraction of sp³-hybridized carbons (Fsp3) is 0.500. The maximum atomic E-state index is 11.8. The van der Waals surface area contributed by atoms with E-state index >= 15 is 0 Å². The van der Waals surface area contributed by atoms with Gasteiger partial charge in [-0.1, -0.05) is 13.8 Å². The van der Waals surface area contributed by atoms with Crippen molar-refractivity contribution in [3.8, 4) is 0 Å². The van der Waals surface area contributed by atoms with Crippen LogP contribution in [-0.4, -0.2) is 22.6 Å². The molecule has 2 amide bonds. The SMILES string of the molecule is CCC(CC)(NC(=O)NCc1cc(Br)cs1)C(=O)O. The predicted molar refractivity (Wildman–Crippen MR) is 78.3 cm³/mol. The van der Waals surface area contributed by atoms with Crippen molar-refractivity contribution in [2.45, 2.75) is 38.8 Å². The number of carbonyl (C=O) groups excluding carboxylic acids is 1. The predicted octanol–water partition coefficient (Wildman–Crippen LogP) is 2.95. The molecule has 0 bridgehead atoms. The summed E-state index contributed by atoms with van der Waals surface area (Å²) in [7, 11) is 0. The molecule has 0 aliphatic rings. The van der Waals surface area contributed by atoms with E-state index in [1.807, 2.05) is 11.4 Å². The number of hydrogen-bond acceptors (Lipinski definition) is 3. The van der Waals surface area contributed by atoms with Crippen LogP contribution >= 0.6 is 27.3 Å². The number of urea groups is 1. The van der Waals surface area contributed by atoms with E-state index in [1.54, 1.807) is 13.8 Å². The van der Waals surface area contributed by atoms with E-state index in [-0.39, 0.29) is 0 Å². The number of thiophene rings is 1. The number of carbonyl (C=O) groups is 2. The molecule has 1 heterocycles. The summed E-state index contributed by atoms with van der Waals surface area (Å²) >= 11 is 4.86. The van der Waals surface area contributed by atoms with Crippen molar-refractivity contribution in [3.63, 3.8) is 0 Å². The number of rotatable bonds is 6. The van der Waals surface area contributed by atoms with Crippen LogP contribution in [0, 0.1) is 0 Å². The van der Waals surface area contributed by atoms with Gasteiger partial charge in [0.2, 0.25) is 0 Å². The van der Waals surface area contributed by atoms with Gasteiger partial charge in [-0.3, -0.25) is 0 Å². The van der Waals surface area contributed by atoms with Crippen LogP contribution in [0.1, 0.15) is 31.6 Å². The third-order valence-corrected chi connectivity index (χ3v) is 4.71. The smallest absolute Gasteiger partial charge is 0.329 e. The maximum Gasteiger partial charge on any atom is 0.329 e. The Morgan fingerprint density at radius 3 is 2.47 bits per heavy atom. The van der Waals surface area contributed by atoms with E-state index in [0.717, 1.165) is 9.35 Å². The molecule has 0 radical (unpaired) electrons. The lowest BCUT2D eigenvalue weighted by Gasteiger charge is -2.27. The molecule has 0 aromatic carbocycles. The molecule has 0 spiro atoms. The molecule has 3 N–H and O–H groups in total. The molecule has 0 unspecified atom stereocenters. The minimum absolute atomic E-state index is 0.344. The minimum Gasteiger partial charge on any atom is -0.480 e. The van der Waals surface area contributed by atoms with Gasteiger partial charge in [0.25, 0.3) is 0 Å². The summed E-state index contributed by atoms with van der Waals surface area (Å²) in [6, 6.07) is 1.45. The number of nitrogens with one attached hydrogen (secondary N) is 2. The Kier molecular flexibility index (Phi) is 5.81. The summed E-state index contributed by atoms with van der Waals surface area (Å²) < 4.78 is 0.969. The zero-order chi connectivity index (χ0) is 14.5. The van der Waals surface area contributed by atoms with Crippen molar-refractivity contribution in [1.82, 2.24) is 10.6 Å². The van der Waals surface area contributed by atoms with Gasteiger partial charge >= 0.3 is 12.0 Å². The highest BCUT2D eigenvalue weighted by Gasteiger charge is 2.36. The Morgan fingerprint density at radius 1 is 1.42 bits per heavy atom. The lowest BCUT2D eigenvalue weighted by atomic mass is 9.93. The molecule has 1 aromatic heterocycles. The monoisotopic (exact) mass is 348 g/mol. The maximum absolute atomic E-state index is 11.8. The molecule has 1 aromatic rings. The van der Waals surface area contributed by atoms with E-state index in [1.165, 1.54) is 11.3 Å². The minimum atomic E-state index is -1.19. The highest BCUT2D eigenvalue weighted by Crippen LogP contribution is 2.19. The molecule has 1 rings (SSSR count). The van der Waals surface area contributed by atoms with Crippen LogP contribution < -0.4 is 10.6 Å². The molecule has 5 nitrogen and oxygen atoms in total. The molecule has 0 aliphatic heterocycles. The summed E-state index contributed by atoms with van der Waals surface area (Å²) in [6.45, 7) is 3.87. The van der Waals surface area contributed by atoms with Crippen LogP contribution in [0.3, 0.4) is 0 Å². The molecule has 0 atom stereocenters. The van der Waals surface area contributed by atoms with Crippen LogP contribution in [0.5, 0.6) is 0 Å². The number of halogens is 1. The third kappa shape index (κ3) is 4.21. The number of aliphatic carboxylic acids is 1. The average molecular weight is 349 g/mol. The molecular formula is C12H17BrN2O3S. The van der Waals surface area contributed by atoms with Crippen molar-refractivity contribution < 1.29 is 14.7 Å². The molecule has 7 heteroatoms. The normalized spacial score (nSPS) is 11.1. The molecule has 0 saturated heterocycles. The Bertz CT molecular complexity index is 458. The Labute approximate surface area is 124 Å². The zero-order valence-electron chi connectivity index (χ0n) is 10.8. The van der Waals surface area contributed by atoms with Crippen molar-refractivity contribution in [2.75, 3.05) is 0 Å². The van der Waals surface area contributed by atoms with E-state index in [0.29, 0.717) is 19.4 Å². The second kappa shape index (κ2) is 6.91. The van der Waals surface area contributed by atoms with Crippen LogP contribution in [0.15, 0.2) is 15.9 Å². The van der Waals surface area contributed by atoms with Gasteiger partial charge in [0.05, 0.1) is 6.54 Å². The quantitative estimate of drug-likeness (QED) is 0.739. The van der Waals surface area contributed by atoms with Crippen LogP contribution in [0.25, 0.3) is 0 Å².